The maximum Gasteiger partial charge on any atom is 0.124 e. The average Bonchev–Trinajstić information content (AvgIpc) is 2.32. The fourth-order valence-electron chi connectivity index (χ4n) is 1.80. The second-order valence-electron chi connectivity index (χ2n) is 4.65. The number of halogens is 2. The molecular formula is C14H21BrFNO. The first-order chi connectivity index (χ1) is 8.54. The average molecular weight is 318 g/mol. The summed E-state index contributed by atoms with van der Waals surface area (Å²) in [5.74, 6) is 0.271. The van der Waals surface area contributed by atoms with Gasteiger partial charge in [-0.25, -0.2) is 4.39 Å². The van der Waals surface area contributed by atoms with E-state index in [-0.39, 0.29) is 5.82 Å². The van der Waals surface area contributed by atoms with Crippen LogP contribution in [-0.2, 0) is 11.2 Å². The molecule has 1 aromatic rings. The summed E-state index contributed by atoms with van der Waals surface area (Å²) in [5.41, 5.74) is 1.14. The van der Waals surface area contributed by atoms with E-state index in [1.807, 2.05) is 6.07 Å². The normalized spacial score (nSPS) is 14.5. The summed E-state index contributed by atoms with van der Waals surface area (Å²) < 4.78 is 18.8. The van der Waals surface area contributed by atoms with Crippen molar-refractivity contribution in [1.29, 1.82) is 0 Å². The van der Waals surface area contributed by atoms with Crippen molar-refractivity contribution in [2.24, 2.45) is 5.92 Å². The Morgan fingerprint density at radius 1 is 1.39 bits per heavy atom. The molecule has 4 heteroatoms. The number of hydrogen-bond donors (Lipinski definition) is 1. The van der Waals surface area contributed by atoms with Crippen LogP contribution in [0.2, 0.25) is 0 Å². The van der Waals surface area contributed by atoms with E-state index in [1.54, 1.807) is 7.11 Å². The molecule has 0 aliphatic rings. The third-order valence-corrected chi connectivity index (χ3v) is 3.92. The van der Waals surface area contributed by atoms with Crippen molar-refractivity contribution in [3.05, 3.63) is 34.1 Å². The van der Waals surface area contributed by atoms with Gasteiger partial charge in [0.1, 0.15) is 5.82 Å². The first-order valence-electron chi connectivity index (χ1n) is 6.20. The minimum atomic E-state index is -0.204. The molecule has 102 valence electrons. The van der Waals surface area contributed by atoms with E-state index in [0.717, 1.165) is 29.6 Å². The van der Waals surface area contributed by atoms with Crippen LogP contribution in [0.3, 0.4) is 0 Å². The number of hydrogen-bond acceptors (Lipinski definition) is 2. The molecule has 1 rings (SSSR count). The summed E-state index contributed by atoms with van der Waals surface area (Å²) in [7, 11) is 1.70. The molecule has 0 amide bonds. The van der Waals surface area contributed by atoms with Crippen LogP contribution < -0.4 is 5.32 Å². The molecule has 2 nitrogen and oxygen atoms in total. The van der Waals surface area contributed by atoms with Gasteiger partial charge < -0.3 is 10.1 Å². The molecule has 0 radical (unpaired) electrons. The van der Waals surface area contributed by atoms with Crippen molar-refractivity contribution in [1.82, 2.24) is 5.32 Å². The Morgan fingerprint density at radius 3 is 2.72 bits per heavy atom. The van der Waals surface area contributed by atoms with Crippen LogP contribution in [0.5, 0.6) is 0 Å². The van der Waals surface area contributed by atoms with Crippen LogP contribution in [-0.4, -0.2) is 26.3 Å². The summed E-state index contributed by atoms with van der Waals surface area (Å²) in [6.45, 7) is 5.93. The molecule has 0 saturated carbocycles. The molecule has 0 bridgehead atoms. The maximum atomic E-state index is 13.0. The van der Waals surface area contributed by atoms with E-state index in [4.69, 9.17) is 4.74 Å². The summed E-state index contributed by atoms with van der Waals surface area (Å²) in [6, 6.07) is 5.27. The Morgan fingerprint density at radius 2 is 2.11 bits per heavy atom. The van der Waals surface area contributed by atoms with E-state index in [1.165, 1.54) is 12.1 Å². The predicted molar refractivity (Wildman–Crippen MR) is 76.3 cm³/mol. The number of nitrogens with one attached hydrogen (secondary N) is 1. The highest BCUT2D eigenvalue weighted by Crippen LogP contribution is 2.22. The van der Waals surface area contributed by atoms with Gasteiger partial charge in [-0.3, -0.25) is 0 Å². The fraction of sp³-hybridized carbons (Fsp3) is 0.571. The van der Waals surface area contributed by atoms with Crippen LogP contribution in [0, 0.1) is 11.7 Å². The SMILES string of the molecule is COCCNC(C)C(C)Cc1ccc(F)cc1Br. The lowest BCUT2D eigenvalue weighted by Crippen LogP contribution is -2.35. The topological polar surface area (TPSA) is 21.3 Å². The Hall–Kier alpha value is -0.450. The second kappa shape index (κ2) is 7.87. The van der Waals surface area contributed by atoms with Gasteiger partial charge >= 0.3 is 0 Å². The van der Waals surface area contributed by atoms with Crippen molar-refractivity contribution in [2.45, 2.75) is 26.3 Å². The first kappa shape index (κ1) is 15.6. The Labute approximate surface area is 117 Å². The zero-order chi connectivity index (χ0) is 13.5. The van der Waals surface area contributed by atoms with Crippen LogP contribution >= 0.6 is 15.9 Å². The van der Waals surface area contributed by atoms with Crippen LogP contribution in [0.1, 0.15) is 19.4 Å². The summed E-state index contributed by atoms with van der Waals surface area (Å²) >= 11 is 3.41. The van der Waals surface area contributed by atoms with Gasteiger partial charge in [0.15, 0.2) is 0 Å². The van der Waals surface area contributed by atoms with E-state index in [2.05, 4.69) is 35.1 Å². The predicted octanol–water partition coefficient (Wildman–Crippen LogP) is 3.39. The highest BCUT2D eigenvalue weighted by molar-refractivity contribution is 9.10. The Kier molecular flexibility index (Phi) is 6.82. The Bertz CT molecular complexity index is 373. The maximum absolute atomic E-state index is 13.0. The molecular weight excluding hydrogens is 297 g/mol. The van der Waals surface area contributed by atoms with Crippen LogP contribution in [0.4, 0.5) is 4.39 Å². The highest BCUT2D eigenvalue weighted by Gasteiger charge is 2.13. The lowest BCUT2D eigenvalue weighted by Gasteiger charge is -2.21. The molecule has 0 fully saturated rings. The number of rotatable bonds is 7. The number of ether oxygens (including phenoxy) is 1. The largest absolute Gasteiger partial charge is 0.383 e. The Balaban J connectivity index is 2.50. The van der Waals surface area contributed by atoms with Gasteiger partial charge in [-0.1, -0.05) is 28.9 Å². The molecule has 1 N–H and O–H groups in total. The minimum Gasteiger partial charge on any atom is -0.383 e. The fourth-order valence-corrected chi connectivity index (χ4v) is 2.31. The molecule has 2 atom stereocenters. The van der Waals surface area contributed by atoms with Gasteiger partial charge in [-0.15, -0.1) is 0 Å². The van der Waals surface area contributed by atoms with Gasteiger partial charge in [0.05, 0.1) is 6.61 Å². The van der Waals surface area contributed by atoms with Gasteiger partial charge in [-0.2, -0.15) is 0 Å². The first-order valence-corrected chi connectivity index (χ1v) is 7.00. The molecule has 0 aliphatic carbocycles. The standard InChI is InChI=1S/C14H21BrFNO/c1-10(11(2)17-6-7-18-3)8-12-4-5-13(16)9-14(12)15/h4-5,9-11,17H,6-8H2,1-3H3. The molecule has 2 unspecified atom stereocenters. The lowest BCUT2D eigenvalue weighted by atomic mass is 9.95. The van der Waals surface area contributed by atoms with Gasteiger partial charge in [0.25, 0.3) is 0 Å². The van der Waals surface area contributed by atoms with Crippen molar-refractivity contribution < 1.29 is 9.13 Å². The van der Waals surface area contributed by atoms with Gasteiger partial charge in [0.2, 0.25) is 0 Å². The van der Waals surface area contributed by atoms with Gasteiger partial charge in [-0.05, 0) is 37.0 Å². The van der Waals surface area contributed by atoms with Crippen molar-refractivity contribution in [3.63, 3.8) is 0 Å². The summed E-state index contributed by atoms with van der Waals surface area (Å²) in [5, 5.41) is 3.42. The molecule has 0 spiro atoms. The van der Waals surface area contributed by atoms with Crippen LogP contribution in [0.15, 0.2) is 22.7 Å². The third kappa shape index (κ3) is 5.04. The molecule has 0 aliphatic heterocycles. The zero-order valence-electron chi connectivity index (χ0n) is 11.2. The van der Waals surface area contributed by atoms with Crippen molar-refractivity contribution in [2.75, 3.05) is 20.3 Å². The van der Waals surface area contributed by atoms with Crippen molar-refractivity contribution in [3.8, 4) is 0 Å². The van der Waals surface area contributed by atoms with E-state index in [0.29, 0.717) is 12.0 Å². The second-order valence-corrected chi connectivity index (χ2v) is 5.51. The van der Waals surface area contributed by atoms with E-state index < -0.39 is 0 Å². The van der Waals surface area contributed by atoms with E-state index >= 15 is 0 Å². The molecule has 18 heavy (non-hydrogen) atoms. The molecule has 0 aromatic heterocycles. The van der Waals surface area contributed by atoms with E-state index in [9.17, 15) is 4.39 Å². The number of benzene rings is 1. The highest BCUT2D eigenvalue weighted by atomic mass is 79.9. The van der Waals surface area contributed by atoms with Crippen LogP contribution in [0.25, 0.3) is 0 Å². The number of methoxy groups -OCH3 is 1. The monoisotopic (exact) mass is 317 g/mol. The van der Waals surface area contributed by atoms with Crippen molar-refractivity contribution >= 4 is 15.9 Å². The smallest absolute Gasteiger partial charge is 0.124 e. The molecule has 0 saturated heterocycles. The minimum absolute atomic E-state index is 0.204. The molecule has 0 heterocycles. The zero-order valence-corrected chi connectivity index (χ0v) is 12.8. The van der Waals surface area contributed by atoms with Gasteiger partial charge in [0, 0.05) is 24.2 Å². The lowest BCUT2D eigenvalue weighted by molar-refractivity contribution is 0.192. The summed E-state index contributed by atoms with van der Waals surface area (Å²) in [6.07, 6.45) is 0.919. The molecule has 1 aromatic carbocycles. The third-order valence-electron chi connectivity index (χ3n) is 3.18. The quantitative estimate of drug-likeness (QED) is 0.778. The summed E-state index contributed by atoms with van der Waals surface area (Å²) in [4.78, 5) is 0.